The van der Waals surface area contributed by atoms with Gasteiger partial charge in [-0.2, -0.15) is 4.98 Å². The minimum Gasteiger partial charge on any atom is -0.466 e. The van der Waals surface area contributed by atoms with Gasteiger partial charge < -0.3 is 20.7 Å². The molecule has 0 amide bonds. The van der Waals surface area contributed by atoms with Crippen molar-refractivity contribution in [3.8, 4) is 6.01 Å². The smallest absolute Gasteiger partial charge is 0.336 e. The van der Waals surface area contributed by atoms with Crippen LogP contribution in [0.25, 0.3) is 5.65 Å². The van der Waals surface area contributed by atoms with Crippen molar-refractivity contribution in [3.63, 3.8) is 0 Å². The van der Waals surface area contributed by atoms with Gasteiger partial charge in [0.25, 0.3) is 0 Å². The summed E-state index contributed by atoms with van der Waals surface area (Å²) in [6.07, 6.45) is 6.46. The third kappa shape index (κ3) is 3.76. The lowest BCUT2D eigenvalue weighted by atomic mass is 9.92. The van der Waals surface area contributed by atoms with E-state index in [0.717, 1.165) is 18.7 Å². The van der Waals surface area contributed by atoms with E-state index in [4.69, 9.17) is 10.5 Å². The van der Waals surface area contributed by atoms with Crippen LogP contribution in [0.3, 0.4) is 0 Å². The molecule has 8 nitrogen and oxygen atoms in total. The zero-order chi connectivity index (χ0) is 16.9. The highest BCUT2D eigenvalue weighted by Gasteiger charge is 2.21. The molecule has 0 aliphatic carbocycles. The van der Waals surface area contributed by atoms with Gasteiger partial charge in [-0.25, -0.2) is 9.50 Å². The Morgan fingerprint density at radius 2 is 2.17 bits per heavy atom. The molecule has 8 heteroatoms. The SMILES string of the molecule is CNCCCN1CCC(Cc2cnc3c(N)nc(OC)nn23)CC1. The average molecular weight is 333 g/mol. The lowest BCUT2D eigenvalue weighted by Gasteiger charge is -2.31. The van der Waals surface area contributed by atoms with E-state index in [9.17, 15) is 0 Å². The number of imidazole rings is 1. The lowest BCUT2D eigenvalue weighted by molar-refractivity contribution is 0.181. The maximum absolute atomic E-state index is 5.93. The van der Waals surface area contributed by atoms with Gasteiger partial charge in [-0.1, -0.05) is 0 Å². The van der Waals surface area contributed by atoms with Gasteiger partial charge in [-0.3, -0.25) is 0 Å². The molecule has 2 aromatic heterocycles. The number of nitrogens with one attached hydrogen (secondary N) is 1. The molecule has 24 heavy (non-hydrogen) atoms. The van der Waals surface area contributed by atoms with E-state index in [-0.39, 0.29) is 6.01 Å². The van der Waals surface area contributed by atoms with E-state index < -0.39 is 0 Å². The van der Waals surface area contributed by atoms with Gasteiger partial charge in [0.2, 0.25) is 0 Å². The molecule has 0 aromatic carbocycles. The fourth-order valence-electron chi connectivity index (χ4n) is 3.34. The van der Waals surface area contributed by atoms with Crippen LogP contribution in [0.15, 0.2) is 6.20 Å². The first-order chi connectivity index (χ1) is 11.7. The van der Waals surface area contributed by atoms with Gasteiger partial charge in [-0.15, -0.1) is 5.10 Å². The van der Waals surface area contributed by atoms with Gasteiger partial charge in [0.05, 0.1) is 19.0 Å². The zero-order valence-corrected chi connectivity index (χ0v) is 14.5. The summed E-state index contributed by atoms with van der Waals surface area (Å²) >= 11 is 0. The van der Waals surface area contributed by atoms with Crippen LogP contribution < -0.4 is 15.8 Å². The second-order valence-corrected chi connectivity index (χ2v) is 6.41. The first-order valence-electron chi connectivity index (χ1n) is 8.62. The highest BCUT2D eigenvalue weighted by molar-refractivity contribution is 5.59. The summed E-state index contributed by atoms with van der Waals surface area (Å²) in [6.45, 7) is 4.62. The number of rotatable bonds is 7. The van der Waals surface area contributed by atoms with Crippen molar-refractivity contribution >= 4 is 11.5 Å². The molecule has 3 heterocycles. The van der Waals surface area contributed by atoms with Crippen molar-refractivity contribution in [1.82, 2.24) is 29.8 Å². The highest BCUT2D eigenvalue weighted by Crippen LogP contribution is 2.23. The molecular weight excluding hydrogens is 306 g/mol. The van der Waals surface area contributed by atoms with Gasteiger partial charge >= 0.3 is 6.01 Å². The largest absolute Gasteiger partial charge is 0.466 e. The molecule has 2 aromatic rings. The third-order valence-electron chi connectivity index (χ3n) is 4.73. The van der Waals surface area contributed by atoms with E-state index in [0.29, 0.717) is 17.4 Å². The summed E-state index contributed by atoms with van der Waals surface area (Å²) in [5.74, 6) is 1.01. The topological polar surface area (TPSA) is 93.6 Å². The monoisotopic (exact) mass is 333 g/mol. The summed E-state index contributed by atoms with van der Waals surface area (Å²) < 4.78 is 6.89. The van der Waals surface area contributed by atoms with Gasteiger partial charge in [0.1, 0.15) is 0 Å². The molecule has 1 aliphatic heterocycles. The Hall–Kier alpha value is -1.93. The molecule has 1 fully saturated rings. The average Bonchev–Trinajstić information content (AvgIpc) is 3.00. The van der Waals surface area contributed by atoms with Crippen LogP contribution >= 0.6 is 0 Å². The standard InChI is InChI=1S/C16H27N7O/c1-18-6-3-7-22-8-4-12(5-9-22)10-13-11-19-15-14(17)20-16(24-2)21-23(13)15/h11-12,18H,3-10H2,1-2H3,(H2,17,20,21). The number of nitrogens with zero attached hydrogens (tertiary/aromatic N) is 5. The third-order valence-corrected chi connectivity index (χ3v) is 4.73. The van der Waals surface area contributed by atoms with Crippen LogP contribution in [0.5, 0.6) is 6.01 Å². The fourth-order valence-corrected chi connectivity index (χ4v) is 3.34. The van der Waals surface area contributed by atoms with Gasteiger partial charge in [0.15, 0.2) is 11.5 Å². The Balaban J connectivity index is 1.61. The van der Waals surface area contributed by atoms with Crippen LogP contribution in [0.1, 0.15) is 25.0 Å². The van der Waals surface area contributed by atoms with Gasteiger partial charge in [-0.05, 0) is 64.8 Å². The predicted octanol–water partition coefficient (Wildman–Crippen LogP) is 0.579. The quantitative estimate of drug-likeness (QED) is 0.716. The number of nitrogen functional groups attached to an aromatic ring is 1. The molecule has 132 valence electrons. The lowest BCUT2D eigenvalue weighted by Crippen LogP contribution is -2.36. The molecule has 1 aliphatic rings. The first-order valence-corrected chi connectivity index (χ1v) is 8.62. The zero-order valence-electron chi connectivity index (χ0n) is 14.5. The minimum atomic E-state index is 0.276. The van der Waals surface area contributed by atoms with Crippen LogP contribution in [-0.4, -0.2) is 64.8 Å². The van der Waals surface area contributed by atoms with E-state index in [1.807, 2.05) is 13.2 Å². The number of ether oxygens (including phenoxy) is 1. The van der Waals surface area contributed by atoms with Crippen LogP contribution in [0.4, 0.5) is 5.82 Å². The number of hydrogen-bond acceptors (Lipinski definition) is 7. The number of piperidine rings is 1. The Bertz CT molecular complexity index is 664. The molecule has 0 spiro atoms. The van der Waals surface area contributed by atoms with Crippen LogP contribution in [0.2, 0.25) is 0 Å². The van der Waals surface area contributed by atoms with Crippen molar-refractivity contribution in [2.75, 3.05) is 46.1 Å². The molecule has 0 unspecified atom stereocenters. The van der Waals surface area contributed by atoms with E-state index in [1.165, 1.54) is 38.9 Å². The Kier molecular flexibility index (Phi) is 5.47. The van der Waals surface area contributed by atoms with Crippen molar-refractivity contribution in [1.29, 1.82) is 0 Å². The number of anilines is 1. The fraction of sp³-hybridized carbons (Fsp3) is 0.688. The first kappa shape index (κ1) is 16.9. The molecule has 0 bridgehead atoms. The molecule has 0 saturated carbocycles. The molecule has 0 atom stereocenters. The van der Waals surface area contributed by atoms with Gasteiger partial charge in [0, 0.05) is 0 Å². The number of aromatic nitrogens is 4. The second kappa shape index (κ2) is 7.76. The summed E-state index contributed by atoms with van der Waals surface area (Å²) in [7, 11) is 3.55. The summed E-state index contributed by atoms with van der Waals surface area (Å²) in [5, 5.41) is 7.58. The Labute approximate surface area is 142 Å². The highest BCUT2D eigenvalue weighted by atomic mass is 16.5. The van der Waals surface area contributed by atoms with Crippen LogP contribution in [0, 0.1) is 5.92 Å². The number of nitrogens with two attached hydrogens (primary N) is 1. The van der Waals surface area contributed by atoms with E-state index >= 15 is 0 Å². The number of hydrogen-bond donors (Lipinski definition) is 2. The van der Waals surface area contributed by atoms with Crippen molar-refractivity contribution in [2.45, 2.75) is 25.7 Å². The second-order valence-electron chi connectivity index (χ2n) is 6.41. The molecular formula is C16H27N7O. The number of methoxy groups -OCH3 is 1. The van der Waals surface area contributed by atoms with Crippen molar-refractivity contribution in [2.24, 2.45) is 5.92 Å². The van der Waals surface area contributed by atoms with E-state index in [1.54, 1.807) is 11.6 Å². The summed E-state index contributed by atoms with van der Waals surface area (Å²) in [4.78, 5) is 11.0. The number of likely N-dealkylation sites (tertiary alicyclic amines) is 1. The maximum Gasteiger partial charge on any atom is 0.336 e. The summed E-state index contributed by atoms with van der Waals surface area (Å²) in [5.41, 5.74) is 7.61. The van der Waals surface area contributed by atoms with E-state index in [2.05, 4.69) is 25.3 Å². The normalized spacial score (nSPS) is 16.8. The molecule has 3 N–H and O–H groups in total. The summed E-state index contributed by atoms with van der Waals surface area (Å²) in [6, 6.07) is 0.276. The molecule has 3 rings (SSSR count). The minimum absolute atomic E-state index is 0.276. The predicted molar refractivity (Wildman–Crippen MR) is 93.2 cm³/mol. The van der Waals surface area contributed by atoms with Crippen LogP contribution in [-0.2, 0) is 6.42 Å². The Morgan fingerprint density at radius 1 is 1.38 bits per heavy atom. The molecule has 0 radical (unpaired) electrons. The van der Waals surface area contributed by atoms with Crippen molar-refractivity contribution in [3.05, 3.63) is 11.9 Å². The maximum atomic E-state index is 5.93. The number of fused-ring (bicyclic) bond motifs is 1. The molecule has 1 saturated heterocycles. The van der Waals surface area contributed by atoms with Crippen molar-refractivity contribution < 1.29 is 4.74 Å². The Morgan fingerprint density at radius 3 is 2.88 bits per heavy atom.